The van der Waals surface area contributed by atoms with Gasteiger partial charge in [0.25, 0.3) is 0 Å². The molecule has 720 valence electrons. The Kier molecular flexibility index (Phi) is 25.7. The third-order valence-electron chi connectivity index (χ3n) is 27.2. The van der Waals surface area contributed by atoms with Crippen LogP contribution in [-0.2, 0) is 0 Å². The van der Waals surface area contributed by atoms with E-state index in [9.17, 15) is 55.5 Å². The Bertz CT molecular complexity index is 6360. The van der Waals surface area contributed by atoms with E-state index in [1.54, 1.807) is 27.7 Å². The Labute approximate surface area is 775 Å². The Balaban J connectivity index is 0.000000126. The number of aliphatic hydroxyl groups is 4. The molecule has 16 atom stereocenters. The summed E-state index contributed by atoms with van der Waals surface area (Å²) in [5.41, 5.74) is 33.1. The van der Waals surface area contributed by atoms with Crippen molar-refractivity contribution in [1.29, 1.82) is 0 Å². The number of hydrogen-bond donors (Lipinski definition) is 8. The highest BCUT2D eigenvalue weighted by molar-refractivity contribution is 5.95. The molecular formula is C92H112F8N32O4. The molecular weight excluding hydrogens is 1770 g/mol. The Morgan fingerprint density at radius 3 is 0.669 bits per heavy atom. The Hall–Kier alpha value is -13.4. The van der Waals surface area contributed by atoms with E-state index in [1.165, 1.54) is 42.3 Å². The number of anilines is 8. The molecule has 4 fully saturated rings. The summed E-state index contributed by atoms with van der Waals surface area (Å²) in [6.07, 6.45) is 8.69. The average molecular weight is 1880 g/mol. The molecule has 0 unspecified atom stereocenters. The zero-order valence-corrected chi connectivity index (χ0v) is 78.3. The lowest BCUT2D eigenvalue weighted by molar-refractivity contribution is 0.131. The van der Waals surface area contributed by atoms with Gasteiger partial charge in [-0.05, 0) is 157 Å². The first-order valence-corrected chi connectivity index (χ1v) is 45.7. The summed E-state index contributed by atoms with van der Waals surface area (Å²) in [5.74, 6) is -2.43. The fourth-order valence-electron chi connectivity index (χ4n) is 19.7. The molecule has 16 aromatic rings. The molecule has 0 aliphatic carbocycles. The summed E-state index contributed by atoms with van der Waals surface area (Å²) in [7, 11) is 0. The Morgan fingerprint density at radius 2 is 0.485 bits per heavy atom. The average Bonchev–Trinajstić information content (AvgIpc) is 1.60. The van der Waals surface area contributed by atoms with Crippen molar-refractivity contribution in [2.24, 2.45) is 23.7 Å². The highest BCUT2D eigenvalue weighted by Gasteiger charge is 2.39. The number of nitrogen functional groups attached to an aromatic ring is 4. The first kappa shape index (κ1) is 94.4. The molecule has 12 aromatic heterocycles. The van der Waals surface area contributed by atoms with Gasteiger partial charge in [-0.3, -0.25) is 18.7 Å². The van der Waals surface area contributed by atoms with Crippen LogP contribution in [0.5, 0.6) is 0 Å². The van der Waals surface area contributed by atoms with Gasteiger partial charge in [-0.25, -0.2) is 75.0 Å². The smallest absolute Gasteiger partial charge is 0.223 e. The van der Waals surface area contributed by atoms with Crippen LogP contribution in [0.15, 0.2) is 73.3 Å². The van der Waals surface area contributed by atoms with Crippen LogP contribution in [0.1, 0.15) is 203 Å². The van der Waals surface area contributed by atoms with E-state index in [0.717, 1.165) is 122 Å². The van der Waals surface area contributed by atoms with E-state index in [0.29, 0.717) is 73.1 Å². The van der Waals surface area contributed by atoms with Crippen molar-refractivity contribution in [2.45, 2.75) is 209 Å². The van der Waals surface area contributed by atoms with Crippen molar-refractivity contribution in [3.05, 3.63) is 166 Å². The predicted octanol–water partition coefficient (Wildman–Crippen LogP) is 12.9. The number of hydrogen-bond acceptors (Lipinski definition) is 28. The Morgan fingerprint density at radius 1 is 0.294 bits per heavy atom. The van der Waals surface area contributed by atoms with Crippen LogP contribution in [0.4, 0.5) is 81.7 Å². The third-order valence-corrected chi connectivity index (χ3v) is 27.2. The van der Waals surface area contributed by atoms with E-state index >= 15 is 0 Å². The van der Waals surface area contributed by atoms with Gasteiger partial charge in [0.2, 0.25) is 23.8 Å². The van der Waals surface area contributed by atoms with Crippen molar-refractivity contribution in [2.75, 3.05) is 94.9 Å². The van der Waals surface area contributed by atoms with Gasteiger partial charge in [0.15, 0.2) is 69.2 Å². The lowest BCUT2D eigenvalue weighted by Gasteiger charge is -2.36. The summed E-state index contributed by atoms with van der Waals surface area (Å²) in [5, 5.41) is 77.3. The number of aliphatic hydroxyl groups excluding tert-OH is 4. The van der Waals surface area contributed by atoms with Crippen molar-refractivity contribution < 1.29 is 55.5 Å². The third kappa shape index (κ3) is 17.9. The fraction of sp³-hybridized carbons (Fsp3) is 0.478. The summed E-state index contributed by atoms with van der Waals surface area (Å²) < 4.78 is 126. The second-order valence-corrected chi connectivity index (χ2v) is 37.8. The van der Waals surface area contributed by atoms with Crippen LogP contribution in [0.2, 0.25) is 0 Å². The second-order valence-electron chi connectivity index (χ2n) is 37.8. The zero-order chi connectivity index (χ0) is 97.2. The van der Waals surface area contributed by atoms with Crippen LogP contribution in [-0.4, -0.2) is 215 Å². The van der Waals surface area contributed by atoms with E-state index in [1.807, 2.05) is 98.9 Å². The van der Waals surface area contributed by atoms with Crippen LogP contribution in [0.25, 0.3) is 66.2 Å². The zero-order valence-electron chi connectivity index (χ0n) is 78.3. The molecule has 20 rings (SSSR count). The maximum Gasteiger partial charge on any atom is 0.223 e. The molecule has 36 nitrogen and oxygen atoms in total. The van der Waals surface area contributed by atoms with E-state index < -0.39 is 71.0 Å². The normalized spacial score (nSPS) is 20.9. The van der Waals surface area contributed by atoms with Gasteiger partial charge in [-0.1, -0.05) is 27.7 Å². The van der Waals surface area contributed by atoms with Gasteiger partial charge in [0.1, 0.15) is 45.3 Å². The molecule has 12 N–H and O–H groups in total. The highest BCUT2D eigenvalue weighted by atomic mass is 19.2. The standard InChI is InChI=1S/4C23H28F2N8O/c4*1-11-5-15(10-31(9-11)19-8-27-32(13(19)3)12(2)14(4)34)21-29-22-17-6-16(24)7-18(25)20(17)28-23(26)33(22)30-21/h4*6-8,11-12,14-15,34H,5,9-10H2,1-4H3,(H2,26,28)/t2*11-,12+,14+,15+;2*11-,12-,14-,15+/m1010/s1. The van der Waals surface area contributed by atoms with Gasteiger partial charge >= 0.3 is 0 Å². The van der Waals surface area contributed by atoms with Gasteiger partial charge in [0, 0.05) is 100 Å². The van der Waals surface area contributed by atoms with Crippen molar-refractivity contribution in [3.8, 4) is 0 Å². The molecule has 0 amide bonds. The first-order chi connectivity index (χ1) is 64.5. The number of nitrogens with two attached hydrogens (primary N) is 4. The lowest BCUT2D eigenvalue weighted by Crippen LogP contribution is -2.39. The first-order valence-electron chi connectivity index (χ1n) is 45.7. The minimum Gasteiger partial charge on any atom is -0.391 e. The van der Waals surface area contributed by atoms with Crippen LogP contribution >= 0.6 is 0 Å². The number of fused-ring (bicyclic) bond motifs is 12. The maximum absolute atomic E-state index is 14.3. The largest absolute Gasteiger partial charge is 0.391 e. The molecule has 0 spiro atoms. The van der Waals surface area contributed by atoms with Crippen LogP contribution in [0.3, 0.4) is 0 Å². The number of aromatic nitrogens is 24. The van der Waals surface area contributed by atoms with Gasteiger partial charge < -0.3 is 63.0 Å². The molecule has 4 aromatic carbocycles. The van der Waals surface area contributed by atoms with E-state index in [4.69, 9.17) is 22.9 Å². The molecule has 0 radical (unpaired) electrons. The molecule has 0 bridgehead atoms. The predicted molar refractivity (Wildman–Crippen MR) is 499 cm³/mol. The number of piperidine rings is 4. The second kappa shape index (κ2) is 37.0. The number of rotatable bonds is 16. The number of nitrogens with zero attached hydrogens (tertiary/aromatic N) is 28. The quantitative estimate of drug-likeness (QED) is 0.0416. The fourth-order valence-corrected chi connectivity index (χ4v) is 19.7. The SMILES string of the molecule is Cc1c(N2C[C@@H](C)C[C@@H](c3nc4c5cc(F)cc(F)c5nc(N)n4n3)C2)cnn1[C@@H](C)[C@H](C)O.Cc1c(N2C[C@@H](C)C[C@@H](c3nc4c5cc(F)cc(F)c5nc(N)n4n3)C2)cnn1[C@H](C)[C@@H](C)O.Cc1c(N2C[C@H](C)C[C@H](c3nc4c5cc(F)cc(F)c5nc(N)n4n3)C2)cnn1[C@@H](C)[C@H](C)O.Cc1c(N2C[C@H](C)C[C@H](c3nc4c5cc(F)cc(F)c5nc(N)n4n3)C2)cnn1[C@H](C)[C@@H](C)O. The van der Waals surface area contributed by atoms with Gasteiger partial charge in [-0.2, -0.15) is 38.5 Å². The number of halogens is 8. The molecule has 0 saturated carbocycles. The van der Waals surface area contributed by atoms with Crippen molar-refractivity contribution >= 4 is 113 Å². The molecule has 16 heterocycles. The monoisotopic (exact) mass is 1880 g/mol. The topological polar surface area (TPSA) is 442 Å². The molecule has 44 heteroatoms. The van der Waals surface area contributed by atoms with E-state index in [-0.39, 0.29) is 138 Å². The minimum absolute atomic E-state index is 0.00305. The molecule has 4 aliphatic rings. The van der Waals surface area contributed by atoms with Crippen LogP contribution in [0, 0.1) is 97.9 Å². The summed E-state index contributed by atoms with van der Waals surface area (Å²) >= 11 is 0. The summed E-state index contributed by atoms with van der Waals surface area (Å²) in [4.78, 5) is 44.0. The van der Waals surface area contributed by atoms with Crippen molar-refractivity contribution in [1.82, 2.24) is 117 Å². The maximum atomic E-state index is 14.3. The molecule has 4 saturated heterocycles. The summed E-state index contributed by atoms with van der Waals surface area (Å²) in [6, 6.07) is 7.37. The number of benzene rings is 4. The van der Waals surface area contributed by atoms with Gasteiger partial charge in [-0.15, -0.1) is 20.4 Å². The van der Waals surface area contributed by atoms with E-state index in [2.05, 4.69) is 128 Å². The van der Waals surface area contributed by atoms with Gasteiger partial charge in [0.05, 0.1) is 140 Å². The minimum atomic E-state index is -0.787. The lowest BCUT2D eigenvalue weighted by atomic mass is 9.89. The van der Waals surface area contributed by atoms with Crippen molar-refractivity contribution in [3.63, 3.8) is 0 Å². The summed E-state index contributed by atoms with van der Waals surface area (Å²) in [6.45, 7) is 37.5. The highest BCUT2D eigenvalue weighted by Crippen LogP contribution is 2.42. The molecule has 4 aliphatic heterocycles. The molecule has 136 heavy (non-hydrogen) atoms. The van der Waals surface area contributed by atoms with Crippen LogP contribution < -0.4 is 42.5 Å².